The molecule has 3 fully saturated rings. The molecular formula is C38H52BBrN6O7. The van der Waals surface area contributed by atoms with Crippen LogP contribution in [0, 0.1) is 0 Å². The van der Waals surface area contributed by atoms with Crippen molar-refractivity contribution >= 4 is 58.4 Å². The molecule has 286 valence electrons. The molecule has 1 atom stereocenters. The highest BCUT2D eigenvalue weighted by atomic mass is 79.9. The minimum absolute atomic E-state index is 0.00583. The third-order valence-corrected chi connectivity index (χ3v) is 11.8. The van der Waals surface area contributed by atoms with E-state index < -0.39 is 12.2 Å². The van der Waals surface area contributed by atoms with Crippen LogP contribution < -0.4 is 10.8 Å². The molecule has 6 rings (SSSR count). The number of hydrogen-bond donors (Lipinski definition) is 2. The van der Waals surface area contributed by atoms with Gasteiger partial charge in [0.1, 0.15) is 5.75 Å². The van der Waals surface area contributed by atoms with Gasteiger partial charge in [0.05, 0.1) is 17.6 Å². The largest absolute Gasteiger partial charge is 0.507 e. The highest BCUT2D eigenvalue weighted by Crippen LogP contribution is 2.27. The fourth-order valence-corrected chi connectivity index (χ4v) is 8.69. The van der Waals surface area contributed by atoms with Gasteiger partial charge in [-0.3, -0.25) is 19.4 Å². The highest BCUT2D eigenvalue weighted by Gasteiger charge is 2.36. The predicted molar refractivity (Wildman–Crippen MR) is 207 cm³/mol. The van der Waals surface area contributed by atoms with Gasteiger partial charge < -0.3 is 34.6 Å². The number of phenols is 1. The van der Waals surface area contributed by atoms with E-state index >= 15 is 0 Å². The van der Waals surface area contributed by atoms with E-state index in [9.17, 15) is 24.3 Å². The third kappa shape index (κ3) is 9.65. The molecule has 4 aliphatic heterocycles. The molecule has 3 saturated heterocycles. The summed E-state index contributed by atoms with van der Waals surface area (Å²) in [5, 5.41) is 13.6. The molecule has 2 aromatic rings. The number of carbonyl (C=O) groups is 4. The van der Waals surface area contributed by atoms with Gasteiger partial charge in [-0.25, -0.2) is 9.59 Å². The first-order chi connectivity index (χ1) is 25.6. The summed E-state index contributed by atoms with van der Waals surface area (Å²) < 4.78 is 11.7. The van der Waals surface area contributed by atoms with Gasteiger partial charge in [-0.05, 0) is 83.7 Å². The molecule has 15 heteroatoms. The molecule has 13 nitrogen and oxygen atoms in total. The Kier molecular flexibility index (Phi) is 13.2. The van der Waals surface area contributed by atoms with Gasteiger partial charge >= 0.3 is 18.1 Å². The van der Waals surface area contributed by atoms with Gasteiger partial charge in [-0.1, -0.05) is 31.1 Å². The Hall–Kier alpha value is -3.82. The third-order valence-electron chi connectivity index (χ3n) is 11.2. The molecular weight excluding hydrogens is 743 g/mol. The lowest BCUT2D eigenvalue weighted by molar-refractivity contribution is -0.144. The molecule has 4 aliphatic rings. The maximum atomic E-state index is 14.2. The van der Waals surface area contributed by atoms with Crippen LogP contribution in [0.2, 0.25) is 6.82 Å². The minimum Gasteiger partial charge on any atom is -0.507 e. The molecule has 2 aromatic carbocycles. The van der Waals surface area contributed by atoms with E-state index in [0.717, 1.165) is 67.7 Å². The Morgan fingerprint density at radius 3 is 2.34 bits per heavy atom. The lowest BCUT2D eigenvalue weighted by atomic mass is 9.72. The Bertz CT molecular complexity index is 1630. The number of hydrogen-bond acceptors (Lipinski definition) is 9. The van der Waals surface area contributed by atoms with E-state index in [1.54, 1.807) is 11.0 Å². The predicted octanol–water partition coefficient (Wildman–Crippen LogP) is 3.04. The molecule has 0 unspecified atom stereocenters. The molecule has 4 heterocycles. The van der Waals surface area contributed by atoms with E-state index in [1.165, 1.54) is 0 Å². The van der Waals surface area contributed by atoms with Crippen LogP contribution in [-0.4, -0.2) is 151 Å². The van der Waals surface area contributed by atoms with E-state index in [2.05, 4.69) is 31.0 Å². The summed E-state index contributed by atoms with van der Waals surface area (Å²) >= 11 is 3.45. The number of piperazine rings is 1. The molecule has 2 N–H and O–H groups in total. The quantitative estimate of drug-likeness (QED) is 0.275. The number of amides is 4. The van der Waals surface area contributed by atoms with Crippen molar-refractivity contribution in [3.05, 3.63) is 52.0 Å². The van der Waals surface area contributed by atoms with Gasteiger partial charge in [0.25, 0.3) is 5.91 Å². The van der Waals surface area contributed by atoms with Crippen LogP contribution in [-0.2, 0) is 31.9 Å². The Morgan fingerprint density at radius 2 is 1.64 bits per heavy atom. The summed E-state index contributed by atoms with van der Waals surface area (Å²) in [7, 11) is 0.608. The van der Waals surface area contributed by atoms with Gasteiger partial charge in [0, 0.05) is 83.1 Å². The van der Waals surface area contributed by atoms with Gasteiger partial charge in [0.2, 0.25) is 0 Å². The number of carbonyl (C=O) groups excluding carboxylic acids is 4. The summed E-state index contributed by atoms with van der Waals surface area (Å²) in [6.45, 7) is 10.1. The maximum absolute atomic E-state index is 14.2. The van der Waals surface area contributed by atoms with Crippen LogP contribution in [0.25, 0.3) is 0 Å². The first-order valence-electron chi connectivity index (χ1n) is 19.2. The molecule has 0 radical (unpaired) electrons. The van der Waals surface area contributed by atoms with Crippen molar-refractivity contribution in [1.82, 2.24) is 24.5 Å². The lowest BCUT2D eigenvalue weighted by Crippen LogP contribution is -2.57. The summed E-state index contributed by atoms with van der Waals surface area (Å²) in [6.07, 6.45) is 2.52. The number of anilines is 1. The van der Waals surface area contributed by atoms with E-state index in [1.807, 2.05) is 53.9 Å². The number of benzene rings is 2. The van der Waals surface area contributed by atoms with Crippen LogP contribution >= 0.6 is 15.9 Å². The van der Waals surface area contributed by atoms with E-state index in [4.69, 9.17) is 9.47 Å². The number of piperidine rings is 2. The number of ether oxygens (including phenoxy) is 2. The zero-order chi connectivity index (χ0) is 37.5. The average molecular weight is 796 g/mol. The van der Waals surface area contributed by atoms with Gasteiger partial charge in [0.15, 0.2) is 13.4 Å². The normalized spacial score (nSPS) is 19.9. The maximum Gasteiger partial charge on any atom is 0.410 e. The Morgan fingerprint density at radius 1 is 0.943 bits per heavy atom. The standard InChI is InChI=1S/C38H52BBrN6O7/c1-3-52-34(47)25-42-13-9-28(10-14-42)43-18-20-44(21-19-43)36(49)33(24-26-22-30(39-2)35(48)31(40)23-26)53-38(51)45-15-11-29(12-16-45)46-17-8-27-6-4-5-7-32(27)41-37(46)50/h4-7,22-23,28-29,33,39,48H,3,8-21,24-25H2,1-2H3,(H,41,50)/t33-/m1/s1. The van der Waals surface area contributed by atoms with Crippen LogP contribution in [0.4, 0.5) is 15.3 Å². The SMILES string of the molecule is CBc1cc(C[C@@H](OC(=O)N2CCC(N3CCc4ccccc4NC3=O)CC2)C(=O)N2CCN(C3CCN(CC(=O)OCC)CC3)CC2)cc(Br)c1O. The number of fused-ring (bicyclic) bond motifs is 1. The van der Waals surface area contributed by atoms with Crippen molar-refractivity contribution in [2.24, 2.45) is 0 Å². The van der Waals surface area contributed by atoms with Gasteiger partial charge in [-0.2, -0.15) is 0 Å². The number of phenolic OH excluding ortho intramolecular Hbond substituents is 1. The minimum atomic E-state index is -1.03. The molecule has 0 spiro atoms. The van der Waals surface area contributed by atoms with Crippen molar-refractivity contribution in [3.8, 4) is 5.75 Å². The summed E-state index contributed by atoms with van der Waals surface area (Å²) in [4.78, 5) is 62.9. The number of nitrogens with zero attached hydrogens (tertiary/aromatic N) is 5. The van der Waals surface area contributed by atoms with Crippen molar-refractivity contribution in [3.63, 3.8) is 0 Å². The number of halogens is 1. The molecule has 0 bridgehead atoms. The average Bonchev–Trinajstić information content (AvgIpc) is 3.34. The molecule has 0 aliphatic carbocycles. The number of para-hydroxylation sites is 1. The Labute approximate surface area is 321 Å². The van der Waals surface area contributed by atoms with Crippen molar-refractivity contribution in [2.45, 2.75) is 70.5 Å². The molecule has 0 saturated carbocycles. The molecule has 53 heavy (non-hydrogen) atoms. The van der Waals surface area contributed by atoms with Crippen LogP contribution in [0.15, 0.2) is 40.9 Å². The van der Waals surface area contributed by atoms with Crippen molar-refractivity contribution < 1.29 is 33.8 Å². The first-order valence-corrected chi connectivity index (χ1v) is 19.9. The van der Waals surface area contributed by atoms with Crippen molar-refractivity contribution in [1.29, 1.82) is 0 Å². The zero-order valence-corrected chi connectivity index (χ0v) is 32.5. The fourth-order valence-electron chi connectivity index (χ4n) is 8.14. The van der Waals surface area contributed by atoms with E-state index in [0.29, 0.717) is 76.5 Å². The number of esters is 1. The van der Waals surface area contributed by atoms with Gasteiger partial charge in [-0.15, -0.1) is 0 Å². The first kappa shape index (κ1) is 38.9. The van der Waals surface area contributed by atoms with Crippen LogP contribution in [0.5, 0.6) is 5.75 Å². The summed E-state index contributed by atoms with van der Waals surface area (Å²) in [6, 6.07) is 11.8. The smallest absolute Gasteiger partial charge is 0.410 e. The van der Waals surface area contributed by atoms with Crippen molar-refractivity contribution in [2.75, 3.05) is 77.4 Å². The second-order valence-electron chi connectivity index (χ2n) is 14.4. The number of rotatable bonds is 10. The van der Waals surface area contributed by atoms with E-state index in [-0.39, 0.29) is 36.1 Å². The highest BCUT2D eigenvalue weighted by molar-refractivity contribution is 9.10. The second kappa shape index (κ2) is 18.0. The summed E-state index contributed by atoms with van der Waals surface area (Å²) in [5.41, 5.74) is 3.49. The second-order valence-corrected chi connectivity index (χ2v) is 15.3. The monoisotopic (exact) mass is 794 g/mol. The number of nitrogens with one attached hydrogen (secondary N) is 1. The summed E-state index contributed by atoms with van der Waals surface area (Å²) in [5.74, 6) is -0.235. The number of urea groups is 1. The molecule has 0 aromatic heterocycles. The Balaban J connectivity index is 1.06. The topological polar surface area (TPSA) is 135 Å². The number of likely N-dealkylation sites (tertiary alicyclic amines) is 2. The lowest BCUT2D eigenvalue weighted by Gasteiger charge is -2.43. The molecule has 4 amide bonds. The zero-order valence-electron chi connectivity index (χ0n) is 30.9. The fraction of sp³-hybridized carbons (Fsp3) is 0.579. The van der Waals surface area contributed by atoms with Crippen LogP contribution in [0.1, 0.15) is 43.7 Å². The van der Waals surface area contributed by atoms with Crippen LogP contribution in [0.3, 0.4) is 0 Å². The number of aromatic hydroxyl groups is 1.